The molecule has 0 bridgehead atoms. The lowest BCUT2D eigenvalue weighted by Crippen LogP contribution is -2.38. The summed E-state index contributed by atoms with van der Waals surface area (Å²) in [5.41, 5.74) is 0. The summed E-state index contributed by atoms with van der Waals surface area (Å²) < 4.78 is 0. The lowest BCUT2D eigenvalue weighted by molar-refractivity contribution is 0.321. The lowest BCUT2D eigenvalue weighted by Gasteiger charge is -2.25. The number of hydrogen-bond acceptors (Lipinski definition) is 2. The van der Waals surface area contributed by atoms with E-state index < -0.39 is 0 Å². The third kappa shape index (κ3) is 5.31. The summed E-state index contributed by atoms with van der Waals surface area (Å²) in [6.45, 7) is 6.95. The Bertz CT molecular complexity index is 162. The van der Waals surface area contributed by atoms with E-state index in [9.17, 15) is 0 Å². The molecule has 0 amide bonds. The van der Waals surface area contributed by atoms with Crippen molar-refractivity contribution < 1.29 is 0 Å². The van der Waals surface area contributed by atoms with Crippen LogP contribution in [0.4, 0.5) is 0 Å². The van der Waals surface area contributed by atoms with Gasteiger partial charge >= 0.3 is 0 Å². The van der Waals surface area contributed by atoms with Crippen molar-refractivity contribution in [1.29, 1.82) is 0 Å². The van der Waals surface area contributed by atoms with Crippen LogP contribution in [0.15, 0.2) is 0 Å². The van der Waals surface area contributed by atoms with Gasteiger partial charge < -0.3 is 10.6 Å². The van der Waals surface area contributed by atoms with Crippen LogP contribution in [0.1, 0.15) is 52.4 Å². The summed E-state index contributed by atoms with van der Waals surface area (Å²) in [7, 11) is 2.03. The average Bonchev–Trinajstić information content (AvgIpc) is 2.55. The Morgan fingerprint density at radius 1 is 1.00 bits per heavy atom. The van der Waals surface area contributed by atoms with Gasteiger partial charge in [0.1, 0.15) is 0 Å². The van der Waals surface area contributed by atoms with Crippen LogP contribution in [0.2, 0.25) is 0 Å². The summed E-state index contributed by atoms with van der Waals surface area (Å²) in [5.74, 6) is 1.66. The maximum absolute atomic E-state index is 3.72. The molecule has 1 aliphatic carbocycles. The monoisotopic (exact) mass is 226 g/mol. The molecule has 1 rings (SSSR count). The Hall–Kier alpha value is -0.0800. The van der Waals surface area contributed by atoms with Crippen molar-refractivity contribution in [3.05, 3.63) is 0 Å². The highest BCUT2D eigenvalue weighted by molar-refractivity contribution is 4.75. The first-order valence-corrected chi connectivity index (χ1v) is 7.12. The molecule has 16 heavy (non-hydrogen) atoms. The Balaban J connectivity index is 2.19. The maximum Gasteiger partial charge on any atom is 0.00671 e. The molecule has 1 saturated carbocycles. The molecule has 0 spiro atoms. The van der Waals surface area contributed by atoms with Gasteiger partial charge in [-0.25, -0.2) is 0 Å². The van der Waals surface area contributed by atoms with Gasteiger partial charge in [-0.1, -0.05) is 32.6 Å². The highest BCUT2D eigenvalue weighted by atomic mass is 14.9. The van der Waals surface area contributed by atoms with Crippen molar-refractivity contribution in [3.8, 4) is 0 Å². The lowest BCUT2D eigenvalue weighted by atomic mass is 9.92. The van der Waals surface area contributed by atoms with E-state index >= 15 is 0 Å². The van der Waals surface area contributed by atoms with Gasteiger partial charge in [-0.15, -0.1) is 0 Å². The SMILES string of the molecule is CNCC(C)CNC(C)C1CCCCCC1. The minimum absolute atomic E-state index is 0.706. The second-order valence-corrected chi connectivity index (χ2v) is 5.61. The molecular weight excluding hydrogens is 196 g/mol. The van der Waals surface area contributed by atoms with Crippen molar-refractivity contribution in [2.45, 2.75) is 58.4 Å². The summed E-state index contributed by atoms with van der Waals surface area (Å²) in [6, 6.07) is 0.706. The Morgan fingerprint density at radius 3 is 2.19 bits per heavy atom. The van der Waals surface area contributed by atoms with Crippen molar-refractivity contribution >= 4 is 0 Å². The van der Waals surface area contributed by atoms with E-state index in [2.05, 4.69) is 24.5 Å². The molecule has 2 N–H and O–H groups in total. The maximum atomic E-state index is 3.72. The molecule has 1 aliphatic rings. The van der Waals surface area contributed by atoms with Gasteiger partial charge in [0.15, 0.2) is 0 Å². The fourth-order valence-electron chi connectivity index (χ4n) is 2.79. The fourth-order valence-corrected chi connectivity index (χ4v) is 2.79. The molecule has 0 heterocycles. The summed E-state index contributed by atoms with van der Waals surface area (Å²) in [5, 5.41) is 6.97. The first-order chi connectivity index (χ1) is 7.74. The quantitative estimate of drug-likeness (QED) is 0.681. The highest BCUT2D eigenvalue weighted by Crippen LogP contribution is 2.25. The Morgan fingerprint density at radius 2 is 1.62 bits per heavy atom. The number of hydrogen-bond donors (Lipinski definition) is 2. The van der Waals surface area contributed by atoms with Crippen LogP contribution >= 0.6 is 0 Å². The first kappa shape index (κ1) is 14.0. The van der Waals surface area contributed by atoms with Gasteiger partial charge in [-0.2, -0.15) is 0 Å². The first-order valence-electron chi connectivity index (χ1n) is 7.12. The van der Waals surface area contributed by atoms with E-state index in [0.29, 0.717) is 6.04 Å². The predicted octanol–water partition coefficient (Wildman–Crippen LogP) is 2.79. The molecule has 96 valence electrons. The molecule has 0 aliphatic heterocycles. The van der Waals surface area contributed by atoms with Crippen LogP contribution in [0, 0.1) is 11.8 Å². The second-order valence-electron chi connectivity index (χ2n) is 5.61. The van der Waals surface area contributed by atoms with Crippen LogP contribution in [0.5, 0.6) is 0 Å². The number of nitrogens with one attached hydrogen (secondary N) is 2. The minimum Gasteiger partial charge on any atom is -0.319 e. The largest absolute Gasteiger partial charge is 0.319 e. The molecule has 2 unspecified atom stereocenters. The molecule has 0 aromatic heterocycles. The van der Waals surface area contributed by atoms with Crippen LogP contribution in [-0.2, 0) is 0 Å². The normalized spacial score (nSPS) is 22.7. The van der Waals surface area contributed by atoms with Gasteiger partial charge in [-0.05, 0) is 51.7 Å². The smallest absolute Gasteiger partial charge is 0.00671 e. The van der Waals surface area contributed by atoms with E-state index in [-0.39, 0.29) is 0 Å². The van der Waals surface area contributed by atoms with Gasteiger partial charge in [-0.3, -0.25) is 0 Å². The average molecular weight is 226 g/mol. The van der Waals surface area contributed by atoms with E-state index in [4.69, 9.17) is 0 Å². The Labute approximate surface area is 102 Å². The topological polar surface area (TPSA) is 24.1 Å². The van der Waals surface area contributed by atoms with Gasteiger partial charge in [0.05, 0.1) is 0 Å². The van der Waals surface area contributed by atoms with E-state index in [0.717, 1.165) is 24.9 Å². The summed E-state index contributed by atoms with van der Waals surface area (Å²) in [4.78, 5) is 0. The van der Waals surface area contributed by atoms with E-state index in [1.807, 2.05) is 7.05 Å². The third-order valence-electron chi connectivity index (χ3n) is 3.95. The standard InChI is InChI=1S/C14H30N2/c1-12(10-15-3)11-16-13(2)14-8-6-4-5-7-9-14/h12-16H,4-11H2,1-3H3. The molecule has 1 fully saturated rings. The van der Waals surface area contributed by atoms with Gasteiger partial charge in [0.25, 0.3) is 0 Å². The van der Waals surface area contributed by atoms with E-state index in [1.54, 1.807) is 0 Å². The fraction of sp³-hybridized carbons (Fsp3) is 1.00. The number of rotatable bonds is 6. The van der Waals surface area contributed by atoms with Crippen molar-refractivity contribution in [3.63, 3.8) is 0 Å². The predicted molar refractivity (Wildman–Crippen MR) is 71.7 cm³/mol. The summed E-state index contributed by atoms with van der Waals surface area (Å²) in [6.07, 6.45) is 8.69. The van der Waals surface area contributed by atoms with E-state index in [1.165, 1.54) is 38.5 Å². The highest BCUT2D eigenvalue weighted by Gasteiger charge is 2.18. The summed E-state index contributed by atoms with van der Waals surface area (Å²) >= 11 is 0. The van der Waals surface area contributed by atoms with Crippen LogP contribution in [0.3, 0.4) is 0 Å². The van der Waals surface area contributed by atoms with Gasteiger partial charge in [0.2, 0.25) is 0 Å². The van der Waals surface area contributed by atoms with Crippen molar-refractivity contribution in [2.24, 2.45) is 11.8 Å². The van der Waals surface area contributed by atoms with Gasteiger partial charge in [0, 0.05) is 6.04 Å². The molecule has 0 aromatic rings. The van der Waals surface area contributed by atoms with Crippen molar-refractivity contribution in [2.75, 3.05) is 20.1 Å². The third-order valence-corrected chi connectivity index (χ3v) is 3.95. The zero-order valence-corrected chi connectivity index (χ0v) is 11.4. The molecule has 0 radical (unpaired) electrons. The zero-order valence-electron chi connectivity index (χ0n) is 11.4. The van der Waals surface area contributed by atoms with Crippen LogP contribution < -0.4 is 10.6 Å². The Kier molecular flexibility index (Phi) is 7.06. The molecule has 2 nitrogen and oxygen atoms in total. The second kappa shape index (κ2) is 8.08. The molecule has 2 atom stereocenters. The minimum atomic E-state index is 0.706. The molecule has 0 aromatic carbocycles. The van der Waals surface area contributed by atoms with Crippen LogP contribution in [0.25, 0.3) is 0 Å². The molecule has 0 saturated heterocycles. The molecule has 2 heteroatoms. The van der Waals surface area contributed by atoms with Crippen molar-refractivity contribution in [1.82, 2.24) is 10.6 Å². The molecular formula is C14H30N2. The van der Waals surface area contributed by atoms with Crippen LogP contribution in [-0.4, -0.2) is 26.2 Å². The zero-order chi connectivity index (χ0) is 11.8.